The van der Waals surface area contributed by atoms with Crippen molar-refractivity contribution < 1.29 is 20.1 Å². The number of ether oxygens (including phenoxy) is 1. The zero-order valence-corrected chi connectivity index (χ0v) is 19.1. The van der Waals surface area contributed by atoms with Gasteiger partial charge in [0.2, 0.25) is 11.9 Å². The van der Waals surface area contributed by atoms with E-state index in [0.29, 0.717) is 11.4 Å². The minimum atomic E-state index is -1.42. The van der Waals surface area contributed by atoms with E-state index in [1.165, 1.54) is 4.57 Å². The summed E-state index contributed by atoms with van der Waals surface area (Å²) < 4.78 is 7.10. The van der Waals surface area contributed by atoms with Crippen LogP contribution in [-0.2, 0) is 4.74 Å². The molecule has 3 heterocycles. The number of imidazole rings is 1. The maximum atomic E-state index is 12.6. The number of hydrogen-bond donors (Lipinski definition) is 5. The Balaban J connectivity index is 1.53. The van der Waals surface area contributed by atoms with E-state index < -0.39 is 36.7 Å². The van der Waals surface area contributed by atoms with Gasteiger partial charge in [-0.3, -0.25) is 14.3 Å². The van der Waals surface area contributed by atoms with E-state index in [2.05, 4.69) is 25.2 Å². The SMILES string of the molecule is CN(c1ccc(N=Nc2ccccc2)cc1)c1nc2c(=O)[nH]c(N)nc2n1C1OC(CO)C(O)C1O. The van der Waals surface area contributed by atoms with E-state index in [1.54, 1.807) is 36.2 Å². The molecule has 186 valence electrons. The van der Waals surface area contributed by atoms with Crippen LogP contribution in [0.25, 0.3) is 11.2 Å². The average Bonchev–Trinajstić information content (AvgIpc) is 3.40. The maximum Gasteiger partial charge on any atom is 0.280 e. The molecule has 2 aromatic carbocycles. The highest BCUT2D eigenvalue weighted by Crippen LogP contribution is 2.36. The average molecular weight is 492 g/mol. The number of fused-ring (bicyclic) bond motifs is 1. The largest absolute Gasteiger partial charge is 0.394 e. The summed E-state index contributed by atoms with van der Waals surface area (Å²) in [5.74, 6) is 0.0461. The summed E-state index contributed by atoms with van der Waals surface area (Å²) in [5.41, 5.74) is 7.23. The molecule has 0 radical (unpaired) electrons. The van der Waals surface area contributed by atoms with Gasteiger partial charge in [-0.15, -0.1) is 0 Å². The molecule has 0 aliphatic carbocycles. The fourth-order valence-corrected chi connectivity index (χ4v) is 4.02. The highest BCUT2D eigenvalue weighted by molar-refractivity contribution is 5.77. The molecule has 0 amide bonds. The minimum Gasteiger partial charge on any atom is -0.394 e. The van der Waals surface area contributed by atoms with Crippen molar-refractivity contribution in [3.63, 3.8) is 0 Å². The van der Waals surface area contributed by atoms with Crippen molar-refractivity contribution >= 4 is 40.1 Å². The fourth-order valence-electron chi connectivity index (χ4n) is 4.02. The number of aromatic amines is 1. The minimum absolute atomic E-state index is 0.0305. The number of azo groups is 1. The Morgan fingerprint density at radius 3 is 2.36 bits per heavy atom. The first-order valence-electron chi connectivity index (χ1n) is 11.1. The number of nitrogens with two attached hydrogens (primary N) is 1. The number of anilines is 3. The number of nitrogen functional groups attached to an aromatic ring is 1. The lowest BCUT2D eigenvalue weighted by Crippen LogP contribution is -2.33. The van der Waals surface area contributed by atoms with E-state index >= 15 is 0 Å². The van der Waals surface area contributed by atoms with Gasteiger partial charge in [-0.25, -0.2) is 4.98 Å². The summed E-state index contributed by atoms with van der Waals surface area (Å²) in [4.78, 5) is 25.2. The molecule has 13 heteroatoms. The summed E-state index contributed by atoms with van der Waals surface area (Å²) in [6.07, 6.45) is -5.00. The summed E-state index contributed by atoms with van der Waals surface area (Å²) in [7, 11) is 1.71. The molecule has 1 aliphatic heterocycles. The van der Waals surface area contributed by atoms with Crippen molar-refractivity contribution in [2.75, 3.05) is 24.3 Å². The summed E-state index contributed by atoms with van der Waals surface area (Å²) in [5, 5.41) is 38.9. The van der Waals surface area contributed by atoms with Crippen molar-refractivity contribution in [2.45, 2.75) is 24.5 Å². The Morgan fingerprint density at radius 1 is 1.06 bits per heavy atom. The lowest BCUT2D eigenvalue weighted by atomic mass is 10.1. The zero-order chi connectivity index (χ0) is 25.4. The van der Waals surface area contributed by atoms with Crippen LogP contribution in [0, 0.1) is 0 Å². The number of nitrogens with one attached hydrogen (secondary N) is 1. The van der Waals surface area contributed by atoms with Gasteiger partial charge < -0.3 is 30.7 Å². The molecule has 0 spiro atoms. The zero-order valence-electron chi connectivity index (χ0n) is 19.1. The number of rotatable bonds is 6. The standard InChI is InChI=1S/C23H24N8O5/c1-30(14-9-7-13(8-10-14)29-28-12-5-3-2-4-6-12)23-25-16-19(26-22(24)27-20(16)35)31(23)21-18(34)17(33)15(11-32)36-21/h2-10,15,17-18,21,32-34H,11H2,1H3,(H3,24,26,27,35). The van der Waals surface area contributed by atoms with Gasteiger partial charge in [0.1, 0.15) is 18.3 Å². The highest BCUT2D eigenvalue weighted by Gasteiger charge is 2.45. The Bertz CT molecular complexity index is 1450. The summed E-state index contributed by atoms with van der Waals surface area (Å²) in [6, 6.07) is 16.4. The number of aliphatic hydroxyl groups is 3. The van der Waals surface area contributed by atoms with Crippen LogP contribution >= 0.6 is 0 Å². The van der Waals surface area contributed by atoms with E-state index in [1.807, 2.05) is 30.3 Å². The fraction of sp³-hybridized carbons (Fsp3) is 0.261. The van der Waals surface area contributed by atoms with Gasteiger partial charge >= 0.3 is 0 Å². The Hall–Kier alpha value is -4.17. The molecule has 5 rings (SSSR count). The van der Waals surface area contributed by atoms with Gasteiger partial charge in [0.05, 0.1) is 18.0 Å². The maximum absolute atomic E-state index is 12.6. The van der Waals surface area contributed by atoms with E-state index in [9.17, 15) is 20.1 Å². The van der Waals surface area contributed by atoms with Crippen LogP contribution in [0.1, 0.15) is 6.23 Å². The lowest BCUT2D eigenvalue weighted by Gasteiger charge is -2.24. The molecule has 0 saturated carbocycles. The highest BCUT2D eigenvalue weighted by atomic mass is 16.6. The second kappa shape index (κ2) is 9.47. The molecule has 4 unspecified atom stereocenters. The summed E-state index contributed by atoms with van der Waals surface area (Å²) in [6.45, 7) is -0.512. The van der Waals surface area contributed by atoms with Crippen molar-refractivity contribution in [2.24, 2.45) is 10.2 Å². The Morgan fingerprint density at radius 2 is 1.72 bits per heavy atom. The van der Waals surface area contributed by atoms with Gasteiger partial charge in [-0.05, 0) is 36.4 Å². The molecule has 1 fully saturated rings. The number of aromatic nitrogens is 4. The predicted octanol–water partition coefficient (Wildman–Crippen LogP) is 1.50. The Labute approximate surface area is 204 Å². The van der Waals surface area contributed by atoms with Crippen molar-refractivity contribution in [1.29, 1.82) is 0 Å². The molecule has 13 nitrogen and oxygen atoms in total. The molecule has 4 atom stereocenters. The van der Waals surface area contributed by atoms with Gasteiger partial charge in [-0.2, -0.15) is 15.2 Å². The van der Waals surface area contributed by atoms with Crippen LogP contribution in [0.4, 0.5) is 29.0 Å². The van der Waals surface area contributed by atoms with Gasteiger partial charge in [0, 0.05) is 12.7 Å². The van der Waals surface area contributed by atoms with Crippen LogP contribution < -0.4 is 16.2 Å². The van der Waals surface area contributed by atoms with Gasteiger partial charge in [0.15, 0.2) is 17.4 Å². The van der Waals surface area contributed by atoms with E-state index in [4.69, 9.17) is 10.5 Å². The van der Waals surface area contributed by atoms with Crippen LogP contribution in [0.5, 0.6) is 0 Å². The molecule has 1 saturated heterocycles. The first-order chi connectivity index (χ1) is 17.4. The van der Waals surface area contributed by atoms with Crippen LogP contribution in [0.15, 0.2) is 69.6 Å². The molecule has 0 bridgehead atoms. The second-order valence-electron chi connectivity index (χ2n) is 8.25. The lowest BCUT2D eigenvalue weighted by molar-refractivity contribution is -0.0503. The molecule has 4 aromatic rings. The molecule has 36 heavy (non-hydrogen) atoms. The number of benzene rings is 2. The van der Waals surface area contributed by atoms with E-state index in [0.717, 1.165) is 5.69 Å². The van der Waals surface area contributed by atoms with Crippen molar-refractivity contribution in [3.05, 3.63) is 65.0 Å². The second-order valence-corrected chi connectivity index (χ2v) is 8.25. The molecular formula is C23H24N8O5. The molecule has 1 aliphatic rings. The predicted molar refractivity (Wildman–Crippen MR) is 131 cm³/mol. The molecule has 2 aromatic heterocycles. The summed E-state index contributed by atoms with van der Waals surface area (Å²) >= 11 is 0. The third-order valence-electron chi connectivity index (χ3n) is 5.90. The number of aliphatic hydroxyl groups excluding tert-OH is 3. The smallest absolute Gasteiger partial charge is 0.280 e. The topological polar surface area (TPSA) is 187 Å². The number of nitrogens with zero attached hydrogens (tertiary/aromatic N) is 6. The van der Waals surface area contributed by atoms with Crippen LogP contribution in [-0.4, -0.2) is 66.8 Å². The van der Waals surface area contributed by atoms with E-state index in [-0.39, 0.29) is 23.1 Å². The van der Waals surface area contributed by atoms with Crippen LogP contribution in [0.3, 0.4) is 0 Å². The third-order valence-corrected chi connectivity index (χ3v) is 5.90. The third kappa shape index (κ3) is 4.20. The number of H-pyrrole nitrogens is 1. The molecule has 6 N–H and O–H groups in total. The Kier molecular flexibility index (Phi) is 6.20. The van der Waals surface area contributed by atoms with Crippen molar-refractivity contribution in [1.82, 2.24) is 19.5 Å². The van der Waals surface area contributed by atoms with Gasteiger partial charge in [0.25, 0.3) is 5.56 Å². The number of hydrogen-bond acceptors (Lipinski definition) is 11. The normalized spacial score (nSPS) is 22.0. The monoisotopic (exact) mass is 492 g/mol. The first kappa shape index (κ1) is 23.6. The van der Waals surface area contributed by atoms with Crippen LogP contribution in [0.2, 0.25) is 0 Å². The van der Waals surface area contributed by atoms with Crippen molar-refractivity contribution in [3.8, 4) is 0 Å². The molecular weight excluding hydrogens is 468 g/mol. The van der Waals surface area contributed by atoms with Gasteiger partial charge in [-0.1, -0.05) is 18.2 Å². The quantitative estimate of drug-likeness (QED) is 0.248. The first-order valence-corrected chi connectivity index (χ1v) is 11.1.